The van der Waals surface area contributed by atoms with Crippen LogP contribution in [0.5, 0.6) is 5.75 Å². The molecule has 0 spiro atoms. The predicted molar refractivity (Wildman–Crippen MR) is 134 cm³/mol. The van der Waals surface area contributed by atoms with Gasteiger partial charge in [-0.15, -0.1) is 10.2 Å². The number of nitro benzene ring substituents is 1. The van der Waals surface area contributed by atoms with Crippen molar-refractivity contribution in [3.63, 3.8) is 0 Å². The summed E-state index contributed by atoms with van der Waals surface area (Å²) in [5.41, 5.74) is 3.09. The molecule has 1 aromatic heterocycles. The van der Waals surface area contributed by atoms with Crippen molar-refractivity contribution in [1.82, 2.24) is 15.0 Å². The van der Waals surface area contributed by atoms with Crippen molar-refractivity contribution in [2.45, 2.75) is 6.92 Å². The third-order valence-corrected chi connectivity index (χ3v) is 5.80. The lowest BCUT2D eigenvalue weighted by Gasteiger charge is -2.28. The Kier molecular flexibility index (Phi) is 6.46. The van der Waals surface area contributed by atoms with Crippen LogP contribution in [0, 0.1) is 10.1 Å². The smallest absolute Gasteiger partial charge is 0.293 e. The number of carbonyl (C=O) groups excluding carboxylic acids is 1. The number of hydrogen-bond acceptors (Lipinski definition) is 8. The van der Waals surface area contributed by atoms with Crippen molar-refractivity contribution in [1.29, 1.82) is 0 Å². The molecule has 1 aliphatic heterocycles. The number of aromatic nitrogens is 3. The van der Waals surface area contributed by atoms with Crippen LogP contribution >= 0.6 is 0 Å². The maximum Gasteiger partial charge on any atom is 0.293 e. The van der Waals surface area contributed by atoms with Crippen molar-refractivity contribution in [2.24, 2.45) is 0 Å². The minimum atomic E-state index is -0.465. The maximum atomic E-state index is 12.9. The highest BCUT2D eigenvalue weighted by molar-refractivity contribution is 6.05. The number of benzene rings is 3. The summed E-state index contributed by atoms with van der Waals surface area (Å²) in [4.78, 5) is 27.6. The zero-order chi connectivity index (χ0) is 25.1. The van der Waals surface area contributed by atoms with Crippen LogP contribution in [-0.4, -0.2) is 58.7 Å². The van der Waals surface area contributed by atoms with Crippen LogP contribution in [-0.2, 0) is 4.74 Å². The highest BCUT2D eigenvalue weighted by Crippen LogP contribution is 2.30. The molecule has 0 atom stereocenters. The fraction of sp³-hybridized carbons (Fsp3) is 0.240. The summed E-state index contributed by atoms with van der Waals surface area (Å²) < 4.78 is 10.8. The van der Waals surface area contributed by atoms with E-state index in [-0.39, 0.29) is 11.3 Å². The van der Waals surface area contributed by atoms with E-state index in [1.807, 2.05) is 36.1 Å². The molecule has 0 saturated carbocycles. The number of nitro groups is 1. The zero-order valence-electron chi connectivity index (χ0n) is 19.6. The molecular weight excluding hydrogens is 464 g/mol. The molecule has 0 unspecified atom stereocenters. The van der Waals surface area contributed by atoms with E-state index in [1.165, 1.54) is 10.9 Å². The Bertz CT molecular complexity index is 1410. The quantitative estimate of drug-likeness (QED) is 0.308. The van der Waals surface area contributed by atoms with Gasteiger partial charge in [-0.3, -0.25) is 14.9 Å². The van der Waals surface area contributed by atoms with Crippen molar-refractivity contribution in [2.75, 3.05) is 43.1 Å². The van der Waals surface area contributed by atoms with E-state index in [0.29, 0.717) is 55.3 Å². The summed E-state index contributed by atoms with van der Waals surface area (Å²) in [6, 6.07) is 17.1. The Labute approximate surface area is 206 Å². The fourth-order valence-corrected chi connectivity index (χ4v) is 4.04. The van der Waals surface area contributed by atoms with Gasteiger partial charge in [0, 0.05) is 30.4 Å². The lowest BCUT2D eigenvalue weighted by atomic mass is 10.1. The van der Waals surface area contributed by atoms with Gasteiger partial charge in [-0.1, -0.05) is 0 Å². The first-order valence-electron chi connectivity index (χ1n) is 11.5. The number of fused-ring (bicyclic) bond motifs is 1. The predicted octanol–water partition coefficient (Wildman–Crippen LogP) is 3.82. The molecule has 2 heterocycles. The van der Waals surface area contributed by atoms with Crippen molar-refractivity contribution < 1.29 is 19.2 Å². The van der Waals surface area contributed by atoms with E-state index in [2.05, 4.69) is 15.5 Å². The summed E-state index contributed by atoms with van der Waals surface area (Å²) in [6.07, 6.45) is 0. The van der Waals surface area contributed by atoms with Crippen molar-refractivity contribution in [3.8, 4) is 11.4 Å². The number of ether oxygens (including phenoxy) is 2. The molecule has 1 saturated heterocycles. The second-order valence-corrected chi connectivity index (χ2v) is 8.13. The van der Waals surface area contributed by atoms with Crippen LogP contribution in [0.15, 0.2) is 60.7 Å². The third kappa shape index (κ3) is 4.82. The van der Waals surface area contributed by atoms with Crippen LogP contribution in [0.3, 0.4) is 0 Å². The van der Waals surface area contributed by atoms with E-state index in [4.69, 9.17) is 9.47 Å². The molecule has 0 bridgehead atoms. The number of rotatable bonds is 7. The van der Waals surface area contributed by atoms with Crippen LogP contribution in [0.4, 0.5) is 17.1 Å². The van der Waals surface area contributed by atoms with E-state index in [1.54, 1.807) is 30.3 Å². The van der Waals surface area contributed by atoms with Gasteiger partial charge in [0.2, 0.25) is 0 Å². The molecule has 3 aromatic carbocycles. The Morgan fingerprint density at radius 3 is 2.53 bits per heavy atom. The van der Waals surface area contributed by atoms with Gasteiger partial charge in [-0.25, -0.2) is 0 Å². The minimum Gasteiger partial charge on any atom is -0.494 e. The molecule has 1 fully saturated rings. The first-order valence-corrected chi connectivity index (χ1v) is 11.5. The number of carbonyl (C=O) groups is 1. The van der Waals surface area contributed by atoms with Crippen LogP contribution in [0.1, 0.15) is 17.3 Å². The Morgan fingerprint density at radius 1 is 1.06 bits per heavy atom. The third-order valence-electron chi connectivity index (χ3n) is 5.80. The summed E-state index contributed by atoms with van der Waals surface area (Å²) in [5, 5.41) is 23.5. The van der Waals surface area contributed by atoms with Crippen LogP contribution < -0.4 is 15.0 Å². The van der Waals surface area contributed by atoms with Crippen LogP contribution in [0.25, 0.3) is 16.7 Å². The number of nitrogens with one attached hydrogen (secondary N) is 1. The van der Waals surface area contributed by atoms with Crippen molar-refractivity contribution >= 4 is 34.0 Å². The SMILES string of the molecule is CCOc1ccc(-n2nc3ccc(NC(=O)c4ccc(N5CCOCC5)c([N+](=O)[O-])c4)cc3n2)cc1. The lowest BCUT2D eigenvalue weighted by Crippen LogP contribution is -2.36. The Hall–Kier alpha value is -4.51. The number of nitrogens with zero attached hydrogens (tertiary/aromatic N) is 5. The van der Waals surface area contributed by atoms with Gasteiger partial charge in [0.05, 0.1) is 30.4 Å². The minimum absolute atomic E-state index is 0.113. The molecule has 184 valence electrons. The van der Waals surface area contributed by atoms with Gasteiger partial charge >= 0.3 is 0 Å². The molecule has 1 amide bonds. The molecule has 1 aliphatic rings. The number of hydrogen-bond donors (Lipinski definition) is 1. The fourth-order valence-electron chi connectivity index (χ4n) is 4.04. The van der Waals surface area contributed by atoms with Gasteiger partial charge in [-0.05, 0) is 61.5 Å². The Balaban J connectivity index is 1.35. The summed E-state index contributed by atoms with van der Waals surface area (Å²) >= 11 is 0. The molecule has 11 heteroatoms. The lowest BCUT2D eigenvalue weighted by molar-refractivity contribution is -0.384. The van der Waals surface area contributed by atoms with E-state index >= 15 is 0 Å². The molecule has 36 heavy (non-hydrogen) atoms. The number of amides is 1. The highest BCUT2D eigenvalue weighted by Gasteiger charge is 2.23. The molecular formula is C25H24N6O5. The molecule has 4 aromatic rings. The average Bonchev–Trinajstić information content (AvgIpc) is 3.33. The van der Waals surface area contributed by atoms with Gasteiger partial charge in [0.25, 0.3) is 11.6 Å². The van der Waals surface area contributed by atoms with Crippen LogP contribution in [0.2, 0.25) is 0 Å². The summed E-state index contributed by atoms with van der Waals surface area (Å²) in [5.74, 6) is 0.311. The standard InChI is InChI=1S/C25H24N6O5/c1-2-36-20-7-5-19(6-8-20)30-27-21-9-4-18(16-22(21)28-30)26-25(32)17-3-10-23(24(15-17)31(33)34)29-11-13-35-14-12-29/h3-10,15-16H,2,11-14H2,1H3,(H,26,32). The second kappa shape index (κ2) is 10.0. The number of anilines is 2. The van der Waals surface area contributed by atoms with E-state index in [0.717, 1.165) is 11.4 Å². The highest BCUT2D eigenvalue weighted by atomic mass is 16.6. The topological polar surface area (TPSA) is 125 Å². The molecule has 0 aliphatic carbocycles. The summed E-state index contributed by atoms with van der Waals surface area (Å²) in [7, 11) is 0. The van der Waals surface area contributed by atoms with Gasteiger partial charge in [0.15, 0.2) is 0 Å². The monoisotopic (exact) mass is 488 g/mol. The maximum absolute atomic E-state index is 12.9. The van der Waals surface area contributed by atoms with Gasteiger partial charge < -0.3 is 19.7 Å². The largest absolute Gasteiger partial charge is 0.494 e. The molecule has 5 rings (SSSR count). The zero-order valence-corrected chi connectivity index (χ0v) is 19.6. The van der Waals surface area contributed by atoms with E-state index in [9.17, 15) is 14.9 Å². The van der Waals surface area contributed by atoms with Gasteiger partial charge in [-0.2, -0.15) is 4.80 Å². The van der Waals surface area contributed by atoms with E-state index < -0.39 is 10.8 Å². The first-order chi connectivity index (χ1) is 17.5. The summed E-state index contributed by atoms with van der Waals surface area (Å²) in [6.45, 7) is 4.64. The normalized spacial score (nSPS) is 13.5. The Morgan fingerprint density at radius 2 is 1.81 bits per heavy atom. The van der Waals surface area contributed by atoms with Crippen molar-refractivity contribution in [3.05, 3.63) is 76.3 Å². The average molecular weight is 489 g/mol. The molecule has 0 radical (unpaired) electrons. The molecule has 11 nitrogen and oxygen atoms in total. The second-order valence-electron chi connectivity index (χ2n) is 8.13. The van der Waals surface area contributed by atoms with Gasteiger partial charge in [0.1, 0.15) is 22.5 Å². The molecule has 1 N–H and O–H groups in total. The number of morpholine rings is 1. The first kappa shape index (κ1) is 23.2.